The van der Waals surface area contributed by atoms with Crippen LogP contribution < -0.4 is 5.32 Å². The molecule has 0 heterocycles. The molecule has 0 spiro atoms. The second-order valence-corrected chi connectivity index (χ2v) is 7.15. The first-order valence-electron chi connectivity index (χ1n) is 7.74. The van der Waals surface area contributed by atoms with Crippen LogP contribution in [0, 0.1) is 11.8 Å². The Kier molecular flexibility index (Phi) is 4.35. The average molecular weight is 259 g/mol. The molecule has 0 amide bonds. The van der Waals surface area contributed by atoms with Gasteiger partial charge in [0.15, 0.2) is 0 Å². The summed E-state index contributed by atoms with van der Waals surface area (Å²) in [5, 5.41) is 3.60. The van der Waals surface area contributed by atoms with Crippen LogP contribution in [0.5, 0.6) is 0 Å². The summed E-state index contributed by atoms with van der Waals surface area (Å²) in [6, 6.07) is 9.31. The predicted octanol–water partition coefficient (Wildman–Crippen LogP) is 4.33. The summed E-state index contributed by atoms with van der Waals surface area (Å²) in [6.45, 7) is 13.8. The van der Waals surface area contributed by atoms with Crippen LogP contribution in [0.1, 0.15) is 58.1 Å². The summed E-state index contributed by atoms with van der Waals surface area (Å²) in [5.74, 6) is 2.19. The lowest BCUT2D eigenvalue weighted by atomic mass is 9.92. The van der Waals surface area contributed by atoms with Crippen molar-refractivity contribution in [1.29, 1.82) is 0 Å². The summed E-state index contributed by atoms with van der Waals surface area (Å²) in [5.41, 5.74) is 3.38. The lowest BCUT2D eigenvalue weighted by Crippen LogP contribution is -2.24. The third-order valence-corrected chi connectivity index (χ3v) is 4.59. The molecule has 1 saturated carbocycles. The first kappa shape index (κ1) is 14.6. The lowest BCUT2D eigenvalue weighted by molar-refractivity contribution is 0.515. The molecule has 0 aliphatic heterocycles. The number of hydrogen-bond donors (Lipinski definition) is 1. The summed E-state index contributed by atoms with van der Waals surface area (Å²) < 4.78 is 0. The van der Waals surface area contributed by atoms with Crippen molar-refractivity contribution >= 4 is 0 Å². The Labute approximate surface area is 118 Å². The number of benzene rings is 1. The highest BCUT2D eigenvalue weighted by Gasteiger charge is 2.50. The highest BCUT2D eigenvalue weighted by Crippen LogP contribution is 2.53. The molecule has 0 radical (unpaired) electrons. The Morgan fingerprint density at radius 1 is 1.16 bits per heavy atom. The van der Waals surface area contributed by atoms with Gasteiger partial charge in [0.25, 0.3) is 0 Å². The van der Waals surface area contributed by atoms with E-state index in [1.807, 2.05) is 0 Å². The summed E-state index contributed by atoms with van der Waals surface area (Å²) in [7, 11) is 0. The fourth-order valence-corrected chi connectivity index (χ4v) is 2.90. The molecule has 1 aromatic rings. The van der Waals surface area contributed by atoms with Gasteiger partial charge in [-0.25, -0.2) is 0 Å². The van der Waals surface area contributed by atoms with Gasteiger partial charge in [0.2, 0.25) is 0 Å². The Morgan fingerprint density at radius 2 is 1.79 bits per heavy atom. The van der Waals surface area contributed by atoms with Crippen molar-refractivity contribution in [3.63, 3.8) is 0 Å². The number of nitrogens with one attached hydrogen (secondary N) is 1. The van der Waals surface area contributed by atoms with Crippen LogP contribution in [0.3, 0.4) is 0 Å². The smallest absolute Gasteiger partial charge is 0.00117 e. The molecule has 1 N–H and O–H groups in total. The van der Waals surface area contributed by atoms with E-state index >= 15 is 0 Å². The van der Waals surface area contributed by atoms with Crippen LogP contribution >= 0.6 is 0 Å². The molecule has 19 heavy (non-hydrogen) atoms. The van der Waals surface area contributed by atoms with Crippen molar-refractivity contribution < 1.29 is 0 Å². The van der Waals surface area contributed by atoms with Crippen LogP contribution in [0.4, 0.5) is 0 Å². The normalized spacial score (nSPS) is 26.2. The molecule has 1 aromatic carbocycles. The van der Waals surface area contributed by atoms with E-state index in [1.54, 1.807) is 0 Å². The maximum Gasteiger partial charge on any atom is -0.00117 e. The van der Waals surface area contributed by atoms with Gasteiger partial charge in [0.1, 0.15) is 0 Å². The molecule has 1 aliphatic rings. The zero-order valence-corrected chi connectivity index (χ0v) is 13.2. The van der Waals surface area contributed by atoms with E-state index in [0.717, 1.165) is 18.4 Å². The predicted molar refractivity (Wildman–Crippen MR) is 83.7 cm³/mol. The maximum absolute atomic E-state index is 3.60. The van der Waals surface area contributed by atoms with Gasteiger partial charge in [-0.1, -0.05) is 58.9 Å². The SMILES string of the molecule is CC(C)CNCC1CC1(C)c1ccc(C(C)C)cc1. The fourth-order valence-electron chi connectivity index (χ4n) is 2.90. The van der Waals surface area contributed by atoms with E-state index in [9.17, 15) is 0 Å². The summed E-state index contributed by atoms with van der Waals surface area (Å²) >= 11 is 0. The zero-order valence-electron chi connectivity index (χ0n) is 13.2. The Balaban J connectivity index is 1.92. The Morgan fingerprint density at radius 3 is 2.32 bits per heavy atom. The molecular formula is C18H29N. The molecular weight excluding hydrogens is 230 g/mol. The zero-order chi connectivity index (χ0) is 14.0. The largest absolute Gasteiger partial charge is 0.316 e. The Bertz CT molecular complexity index is 404. The number of hydrogen-bond acceptors (Lipinski definition) is 1. The highest BCUT2D eigenvalue weighted by atomic mass is 14.9. The minimum absolute atomic E-state index is 0.416. The maximum atomic E-state index is 3.60. The molecule has 2 unspecified atom stereocenters. The molecule has 1 aliphatic carbocycles. The lowest BCUT2D eigenvalue weighted by Gasteiger charge is -2.15. The van der Waals surface area contributed by atoms with E-state index in [1.165, 1.54) is 24.1 Å². The molecule has 1 heteroatoms. The average Bonchev–Trinajstić information content (AvgIpc) is 3.01. The van der Waals surface area contributed by atoms with E-state index in [-0.39, 0.29) is 0 Å². The molecule has 106 valence electrons. The quantitative estimate of drug-likeness (QED) is 0.801. The third-order valence-electron chi connectivity index (χ3n) is 4.59. The van der Waals surface area contributed by atoms with Gasteiger partial charge in [-0.05, 0) is 53.8 Å². The summed E-state index contributed by atoms with van der Waals surface area (Å²) in [4.78, 5) is 0. The van der Waals surface area contributed by atoms with Crippen molar-refractivity contribution in [2.24, 2.45) is 11.8 Å². The standard InChI is InChI=1S/C18H29N/c1-13(2)11-19-12-17-10-18(17,5)16-8-6-15(7-9-16)14(3)4/h6-9,13-14,17,19H,10-12H2,1-5H3. The number of rotatable bonds is 6. The van der Waals surface area contributed by atoms with Crippen molar-refractivity contribution in [3.8, 4) is 0 Å². The minimum Gasteiger partial charge on any atom is -0.316 e. The first-order valence-corrected chi connectivity index (χ1v) is 7.74. The van der Waals surface area contributed by atoms with E-state index in [2.05, 4.69) is 64.2 Å². The van der Waals surface area contributed by atoms with Gasteiger partial charge in [-0.3, -0.25) is 0 Å². The van der Waals surface area contributed by atoms with E-state index in [0.29, 0.717) is 11.3 Å². The fraction of sp³-hybridized carbons (Fsp3) is 0.667. The molecule has 0 saturated heterocycles. The van der Waals surface area contributed by atoms with E-state index < -0.39 is 0 Å². The van der Waals surface area contributed by atoms with Crippen molar-refractivity contribution in [2.45, 2.75) is 52.4 Å². The molecule has 1 nitrogen and oxygen atoms in total. The van der Waals surface area contributed by atoms with Crippen LogP contribution in [0.25, 0.3) is 0 Å². The molecule has 2 atom stereocenters. The van der Waals surface area contributed by atoms with Gasteiger partial charge in [-0.2, -0.15) is 0 Å². The van der Waals surface area contributed by atoms with Crippen molar-refractivity contribution in [1.82, 2.24) is 5.32 Å². The van der Waals surface area contributed by atoms with Crippen LogP contribution in [-0.2, 0) is 5.41 Å². The van der Waals surface area contributed by atoms with Crippen molar-refractivity contribution in [3.05, 3.63) is 35.4 Å². The minimum atomic E-state index is 0.416. The molecule has 0 aromatic heterocycles. The van der Waals surface area contributed by atoms with Gasteiger partial charge >= 0.3 is 0 Å². The topological polar surface area (TPSA) is 12.0 Å². The molecule has 2 rings (SSSR count). The molecule has 1 fully saturated rings. The summed E-state index contributed by atoms with van der Waals surface area (Å²) in [6.07, 6.45) is 1.33. The van der Waals surface area contributed by atoms with Gasteiger partial charge in [0, 0.05) is 0 Å². The second-order valence-electron chi connectivity index (χ2n) is 7.15. The van der Waals surface area contributed by atoms with Crippen LogP contribution in [-0.4, -0.2) is 13.1 Å². The third kappa shape index (κ3) is 3.39. The van der Waals surface area contributed by atoms with Crippen LogP contribution in [0.15, 0.2) is 24.3 Å². The van der Waals surface area contributed by atoms with Gasteiger partial charge in [0.05, 0.1) is 0 Å². The van der Waals surface area contributed by atoms with E-state index in [4.69, 9.17) is 0 Å². The van der Waals surface area contributed by atoms with Crippen LogP contribution in [0.2, 0.25) is 0 Å². The monoisotopic (exact) mass is 259 g/mol. The molecule has 0 bridgehead atoms. The second kappa shape index (κ2) is 5.66. The van der Waals surface area contributed by atoms with Gasteiger partial charge in [-0.15, -0.1) is 0 Å². The Hall–Kier alpha value is -0.820. The van der Waals surface area contributed by atoms with Crippen molar-refractivity contribution in [2.75, 3.05) is 13.1 Å². The highest BCUT2D eigenvalue weighted by molar-refractivity contribution is 5.35. The first-order chi connectivity index (χ1) is 8.93. The van der Waals surface area contributed by atoms with Gasteiger partial charge < -0.3 is 5.32 Å².